The van der Waals surface area contributed by atoms with Crippen molar-refractivity contribution in [1.82, 2.24) is 5.32 Å². The minimum absolute atomic E-state index is 0.0446. The molecule has 0 heterocycles. The van der Waals surface area contributed by atoms with Crippen LogP contribution in [0, 0.1) is 21.8 Å². The fourth-order valence-corrected chi connectivity index (χ4v) is 2.12. The van der Waals surface area contributed by atoms with E-state index in [1.165, 1.54) is 25.0 Å². The van der Waals surface area contributed by atoms with E-state index in [2.05, 4.69) is 19.2 Å². The first-order valence-corrected chi connectivity index (χ1v) is 6.08. The summed E-state index contributed by atoms with van der Waals surface area (Å²) >= 11 is 0. The van der Waals surface area contributed by atoms with Crippen LogP contribution in [0.1, 0.15) is 32.3 Å². The van der Waals surface area contributed by atoms with Crippen LogP contribution in [0.5, 0.6) is 0 Å². The SMILES string of the molecule is CC(C)(NCc1cccc([N+](=O)[O-])c1F)C1CC1. The van der Waals surface area contributed by atoms with Gasteiger partial charge < -0.3 is 5.32 Å². The molecule has 0 spiro atoms. The predicted molar refractivity (Wildman–Crippen MR) is 66.7 cm³/mol. The molecule has 1 N–H and O–H groups in total. The molecular formula is C13H17FN2O2. The molecule has 1 aliphatic rings. The summed E-state index contributed by atoms with van der Waals surface area (Å²) in [5.74, 6) is -0.110. The lowest BCUT2D eigenvalue weighted by Crippen LogP contribution is -2.40. The van der Waals surface area contributed by atoms with E-state index in [0.717, 1.165) is 0 Å². The van der Waals surface area contributed by atoms with Gasteiger partial charge >= 0.3 is 5.69 Å². The number of hydrogen-bond acceptors (Lipinski definition) is 3. The van der Waals surface area contributed by atoms with Crippen molar-refractivity contribution in [3.63, 3.8) is 0 Å². The highest BCUT2D eigenvalue weighted by Gasteiger charge is 2.37. The number of benzene rings is 1. The van der Waals surface area contributed by atoms with Gasteiger partial charge in [-0.25, -0.2) is 0 Å². The smallest absolute Gasteiger partial charge is 0.305 e. The predicted octanol–water partition coefficient (Wildman–Crippen LogP) is 3.01. The van der Waals surface area contributed by atoms with Crippen molar-refractivity contribution in [2.75, 3.05) is 0 Å². The third-order valence-electron chi connectivity index (χ3n) is 3.59. The molecule has 0 aliphatic heterocycles. The van der Waals surface area contributed by atoms with E-state index in [1.807, 2.05) is 0 Å². The molecule has 0 bridgehead atoms. The topological polar surface area (TPSA) is 55.2 Å². The van der Waals surface area contributed by atoms with Crippen LogP contribution >= 0.6 is 0 Å². The normalized spacial score (nSPS) is 15.7. The summed E-state index contributed by atoms with van der Waals surface area (Å²) in [6.45, 7) is 4.48. The summed E-state index contributed by atoms with van der Waals surface area (Å²) in [7, 11) is 0. The fourth-order valence-electron chi connectivity index (χ4n) is 2.12. The van der Waals surface area contributed by atoms with Crippen LogP contribution in [0.15, 0.2) is 18.2 Å². The molecule has 4 nitrogen and oxygen atoms in total. The van der Waals surface area contributed by atoms with Crippen LogP contribution in [0.3, 0.4) is 0 Å². The van der Waals surface area contributed by atoms with E-state index in [9.17, 15) is 14.5 Å². The Kier molecular flexibility index (Phi) is 3.34. The zero-order valence-corrected chi connectivity index (χ0v) is 10.6. The Morgan fingerprint density at radius 3 is 2.72 bits per heavy atom. The van der Waals surface area contributed by atoms with E-state index in [4.69, 9.17) is 0 Å². The van der Waals surface area contributed by atoms with Crippen molar-refractivity contribution in [2.45, 2.75) is 38.8 Å². The molecule has 98 valence electrons. The van der Waals surface area contributed by atoms with Crippen LogP contribution in [0.4, 0.5) is 10.1 Å². The molecule has 2 rings (SSSR count). The fraction of sp³-hybridized carbons (Fsp3) is 0.538. The van der Waals surface area contributed by atoms with Crippen LogP contribution in [0.2, 0.25) is 0 Å². The maximum Gasteiger partial charge on any atom is 0.305 e. The lowest BCUT2D eigenvalue weighted by Gasteiger charge is -2.26. The van der Waals surface area contributed by atoms with Crippen molar-refractivity contribution < 1.29 is 9.31 Å². The number of nitro benzene ring substituents is 1. The van der Waals surface area contributed by atoms with Gasteiger partial charge in [-0.1, -0.05) is 12.1 Å². The first-order chi connectivity index (χ1) is 8.42. The van der Waals surface area contributed by atoms with Crippen LogP contribution < -0.4 is 5.32 Å². The largest absolute Gasteiger partial charge is 0.307 e. The lowest BCUT2D eigenvalue weighted by molar-refractivity contribution is -0.387. The first kappa shape index (κ1) is 13.0. The second kappa shape index (κ2) is 4.65. The van der Waals surface area contributed by atoms with Gasteiger partial charge in [0.05, 0.1) is 4.92 Å². The van der Waals surface area contributed by atoms with E-state index < -0.39 is 16.4 Å². The van der Waals surface area contributed by atoms with Crippen molar-refractivity contribution >= 4 is 5.69 Å². The van der Waals surface area contributed by atoms with Crippen molar-refractivity contribution in [2.24, 2.45) is 5.92 Å². The highest BCUT2D eigenvalue weighted by atomic mass is 19.1. The number of rotatable bonds is 5. The molecule has 0 amide bonds. The molecule has 0 saturated heterocycles. The Bertz CT molecular complexity index is 470. The molecule has 18 heavy (non-hydrogen) atoms. The summed E-state index contributed by atoms with van der Waals surface area (Å²) in [5, 5.41) is 13.9. The Balaban J connectivity index is 2.09. The van der Waals surface area contributed by atoms with E-state index in [1.54, 1.807) is 6.07 Å². The Labute approximate surface area is 105 Å². The molecule has 0 atom stereocenters. The number of nitro groups is 1. The van der Waals surface area contributed by atoms with E-state index in [0.29, 0.717) is 18.0 Å². The Hall–Kier alpha value is -1.49. The third kappa shape index (κ3) is 2.67. The zero-order chi connectivity index (χ0) is 13.3. The number of halogens is 1. The summed E-state index contributed by atoms with van der Waals surface area (Å²) in [4.78, 5) is 9.95. The number of hydrogen-bond donors (Lipinski definition) is 1. The van der Waals surface area contributed by atoms with Crippen molar-refractivity contribution in [3.05, 3.63) is 39.7 Å². The molecule has 5 heteroatoms. The molecule has 0 aromatic heterocycles. The molecule has 1 aliphatic carbocycles. The van der Waals surface area contributed by atoms with Crippen LogP contribution in [-0.4, -0.2) is 10.5 Å². The quantitative estimate of drug-likeness (QED) is 0.647. The van der Waals surface area contributed by atoms with Gasteiger partial charge in [-0.05, 0) is 32.6 Å². The molecule has 1 fully saturated rings. The highest BCUT2D eigenvalue weighted by Crippen LogP contribution is 2.39. The van der Waals surface area contributed by atoms with Gasteiger partial charge in [-0.2, -0.15) is 4.39 Å². The zero-order valence-electron chi connectivity index (χ0n) is 10.6. The summed E-state index contributed by atoms with van der Waals surface area (Å²) in [6, 6.07) is 4.28. The van der Waals surface area contributed by atoms with Gasteiger partial charge in [0.25, 0.3) is 0 Å². The molecule has 1 saturated carbocycles. The van der Waals surface area contributed by atoms with E-state index in [-0.39, 0.29) is 5.54 Å². The first-order valence-electron chi connectivity index (χ1n) is 6.08. The van der Waals surface area contributed by atoms with Gasteiger partial charge in [-0.3, -0.25) is 10.1 Å². The van der Waals surface area contributed by atoms with Gasteiger partial charge in [0, 0.05) is 23.7 Å². The van der Waals surface area contributed by atoms with Crippen LogP contribution in [0.25, 0.3) is 0 Å². The summed E-state index contributed by atoms with van der Waals surface area (Å²) in [6.07, 6.45) is 2.38. The van der Waals surface area contributed by atoms with Gasteiger partial charge in [0.15, 0.2) is 0 Å². The van der Waals surface area contributed by atoms with Gasteiger partial charge in [-0.15, -0.1) is 0 Å². The summed E-state index contributed by atoms with van der Waals surface area (Å²) < 4.78 is 13.8. The minimum atomic E-state index is -0.735. The highest BCUT2D eigenvalue weighted by molar-refractivity contribution is 5.36. The maximum absolute atomic E-state index is 13.8. The second-order valence-corrected chi connectivity index (χ2v) is 5.36. The minimum Gasteiger partial charge on any atom is -0.307 e. The molecule has 0 radical (unpaired) electrons. The maximum atomic E-state index is 13.8. The Morgan fingerprint density at radius 2 is 2.17 bits per heavy atom. The number of nitrogens with zero attached hydrogens (tertiary/aromatic N) is 1. The standard InChI is InChI=1S/C13H17FN2O2/c1-13(2,10-6-7-10)15-8-9-4-3-5-11(12(9)14)16(17)18/h3-5,10,15H,6-8H2,1-2H3. The average Bonchev–Trinajstić information content (AvgIpc) is 3.11. The monoisotopic (exact) mass is 252 g/mol. The molecule has 1 aromatic carbocycles. The average molecular weight is 252 g/mol. The number of nitrogens with one attached hydrogen (secondary N) is 1. The molecule has 1 aromatic rings. The Morgan fingerprint density at radius 1 is 1.50 bits per heavy atom. The summed E-state index contributed by atoms with van der Waals surface area (Å²) in [5.41, 5.74) is -0.159. The second-order valence-electron chi connectivity index (χ2n) is 5.36. The third-order valence-corrected chi connectivity index (χ3v) is 3.59. The lowest BCUT2D eigenvalue weighted by atomic mass is 9.98. The van der Waals surface area contributed by atoms with Crippen molar-refractivity contribution in [3.8, 4) is 0 Å². The van der Waals surface area contributed by atoms with Crippen molar-refractivity contribution in [1.29, 1.82) is 0 Å². The van der Waals surface area contributed by atoms with Crippen LogP contribution in [-0.2, 0) is 6.54 Å². The van der Waals surface area contributed by atoms with Gasteiger partial charge in [0.1, 0.15) is 0 Å². The molecule has 0 unspecified atom stereocenters. The van der Waals surface area contributed by atoms with Gasteiger partial charge in [0.2, 0.25) is 5.82 Å². The van der Waals surface area contributed by atoms with E-state index >= 15 is 0 Å². The molecular weight excluding hydrogens is 235 g/mol.